The number of carbonyl (C=O) groups excluding carboxylic acids is 2. The van der Waals surface area contributed by atoms with Crippen molar-refractivity contribution in [1.82, 2.24) is 0 Å². The summed E-state index contributed by atoms with van der Waals surface area (Å²) in [5, 5.41) is 9.10. The van der Waals surface area contributed by atoms with Crippen LogP contribution >= 0.6 is 23.4 Å². The van der Waals surface area contributed by atoms with E-state index in [1.165, 1.54) is 12.1 Å². The third-order valence-corrected chi connectivity index (χ3v) is 5.78. The molecule has 1 aliphatic heterocycles. The summed E-state index contributed by atoms with van der Waals surface area (Å²) < 4.78 is 5.73. The summed E-state index contributed by atoms with van der Waals surface area (Å²) in [6, 6.07) is 20.1. The minimum atomic E-state index is -0.973. The highest BCUT2D eigenvalue weighted by Gasteiger charge is 2.36. The number of hydrogen-bond acceptors (Lipinski definition) is 5. The monoisotopic (exact) mass is 465 g/mol. The van der Waals surface area contributed by atoms with E-state index in [-0.39, 0.29) is 16.7 Å². The van der Waals surface area contributed by atoms with Crippen LogP contribution in [0, 0.1) is 0 Å². The molecule has 160 valence electrons. The van der Waals surface area contributed by atoms with E-state index in [0.717, 1.165) is 27.8 Å². The lowest BCUT2D eigenvalue weighted by Gasteiger charge is -2.12. The molecule has 2 amide bonds. The molecule has 0 aliphatic carbocycles. The van der Waals surface area contributed by atoms with Gasteiger partial charge in [0.2, 0.25) is 0 Å². The average molecular weight is 466 g/mol. The minimum Gasteiger partial charge on any atom is -0.489 e. The molecule has 8 heteroatoms. The van der Waals surface area contributed by atoms with Gasteiger partial charge in [0.15, 0.2) is 0 Å². The first kappa shape index (κ1) is 21.7. The van der Waals surface area contributed by atoms with Gasteiger partial charge in [0.05, 0.1) is 16.2 Å². The molecule has 0 saturated carbocycles. The largest absolute Gasteiger partial charge is 0.489 e. The first-order valence-electron chi connectivity index (χ1n) is 9.49. The summed E-state index contributed by atoms with van der Waals surface area (Å²) in [6.07, 6.45) is 1.66. The normalized spacial score (nSPS) is 14.8. The van der Waals surface area contributed by atoms with Crippen LogP contribution in [0.15, 0.2) is 77.7 Å². The van der Waals surface area contributed by atoms with Gasteiger partial charge in [0, 0.05) is 5.02 Å². The number of halogens is 1. The number of hydrogen-bond donors (Lipinski definition) is 1. The van der Waals surface area contributed by atoms with Crippen molar-refractivity contribution >= 4 is 52.2 Å². The molecule has 1 N–H and O–H groups in total. The highest BCUT2D eigenvalue weighted by Crippen LogP contribution is 2.36. The predicted molar refractivity (Wildman–Crippen MR) is 124 cm³/mol. The number of amides is 2. The Labute approximate surface area is 193 Å². The molecule has 0 atom stereocenters. The van der Waals surface area contributed by atoms with Gasteiger partial charge < -0.3 is 9.84 Å². The summed E-state index contributed by atoms with van der Waals surface area (Å²) in [4.78, 5) is 37.4. The van der Waals surface area contributed by atoms with E-state index in [0.29, 0.717) is 28.0 Å². The van der Waals surface area contributed by atoms with E-state index in [1.807, 2.05) is 0 Å². The summed E-state index contributed by atoms with van der Waals surface area (Å²) in [7, 11) is 0. The molecule has 32 heavy (non-hydrogen) atoms. The molecule has 0 spiro atoms. The lowest BCUT2D eigenvalue weighted by atomic mass is 10.1. The Kier molecular flexibility index (Phi) is 6.30. The van der Waals surface area contributed by atoms with Crippen LogP contribution in [0.3, 0.4) is 0 Å². The van der Waals surface area contributed by atoms with E-state index in [9.17, 15) is 14.4 Å². The standard InChI is InChI=1S/C24H16ClNO5S/c25-18-7-9-19(10-8-18)26-22(27)21(32-24(26)30)13-15-3-11-20(12-4-15)31-14-16-1-5-17(6-2-16)23(28)29/h1-13H,14H2,(H,28,29)/b21-13-. The maximum atomic E-state index is 12.7. The second-order valence-electron chi connectivity index (χ2n) is 6.85. The number of aromatic carboxylic acids is 1. The summed E-state index contributed by atoms with van der Waals surface area (Å²) in [5.41, 5.74) is 2.29. The molecule has 6 nitrogen and oxygen atoms in total. The number of nitrogens with zero attached hydrogens (tertiary/aromatic N) is 1. The Balaban J connectivity index is 1.41. The van der Waals surface area contributed by atoms with Crippen molar-refractivity contribution in [3.8, 4) is 5.75 Å². The maximum Gasteiger partial charge on any atom is 0.335 e. The smallest absolute Gasteiger partial charge is 0.335 e. The second-order valence-corrected chi connectivity index (χ2v) is 8.28. The summed E-state index contributed by atoms with van der Waals surface area (Å²) >= 11 is 6.76. The first-order valence-corrected chi connectivity index (χ1v) is 10.7. The Morgan fingerprint density at radius 1 is 0.969 bits per heavy atom. The van der Waals surface area contributed by atoms with Gasteiger partial charge in [-0.15, -0.1) is 0 Å². The number of carboxylic acids is 1. The fourth-order valence-electron chi connectivity index (χ4n) is 3.00. The summed E-state index contributed by atoms with van der Waals surface area (Å²) in [6.45, 7) is 0.291. The first-order chi connectivity index (χ1) is 15.4. The maximum absolute atomic E-state index is 12.7. The van der Waals surface area contributed by atoms with Gasteiger partial charge in [-0.1, -0.05) is 35.9 Å². The van der Waals surface area contributed by atoms with Crippen molar-refractivity contribution in [1.29, 1.82) is 0 Å². The highest BCUT2D eigenvalue weighted by molar-refractivity contribution is 8.19. The Morgan fingerprint density at radius 3 is 2.25 bits per heavy atom. The van der Waals surface area contributed by atoms with Crippen molar-refractivity contribution in [2.45, 2.75) is 6.61 Å². The molecular weight excluding hydrogens is 450 g/mol. The fourth-order valence-corrected chi connectivity index (χ4v) is 3.97. The van der Waals surface area contributed by atoms with Gasteiger partial charge in [-0.25, -0.2) is 9.69 Å². The number of benzene rings is 3. The number of carboxylic acid groups (broad SMARTS) is 1. The molecule has 0 unspecified atom stereocenters. The second kappa shape index (κ2) is 9.30. The van der Waals surface area contributed by atoms with Gasteiger partial charge >= 0.3 is 5.97 Å². The van der Waals surface area contributed by atoms with Crippen molar-refractivity contribution < 1.29 is 24.2 Å². The molecule has 0 bridgehead atoms. The number of imide groups is 1. The molecule has 3 aromatic rings. The molecule has 4 rings (SSSR count). The molecule has 1 aliphatic rings. The minimum absolute atomic E-state index is 0.221. The fraction of sp³-hybridized carbons (Fsp3) is 0.0417. The van der Waals surface area contributed by atoms with Gasteiger partial charge in [-0.05, 0) is 77.5 Å². The molecule has 1 saturated heterocycles. The van der Waals surface area contributed by atoms with Crippen LogP contribution in [-0.4, -0.2) is 22.2 Å². The van der Waals surface area contributed by atoms with Crippen LogP contribution in [0.4, 0.5) is 10.5 Å². The van der Waals surface area contributed by atoms with Crippen LogP contribution in [0.25, 0.3) is 6.08 Å². The lowest BCUT2D eigenvalue weighted by molar-refractivity contribution is -0.113. The number of rotatable bonds is 6. The van der Waals surface area contributed by atoms with E-state index in [4.69, 9.17) is 21.4 Å². The zero-order valence-corrected chi connectivity index (χ0v) is 18.1. The Bertz CT molecular complexity index is 1200. The van der Waals surface area contributed by atoms with Crippen LogP contribution in [0.1, 0.15) is 21.5 Å². The van der Waals surface area contributed by atoms with E-state index >= 15 is 0 Å². The zero-order chi connectivity index (χ0) is 22.7. The van der Waals surface area contributed by atoms with E-state index in [2.05, 4.69) is 0 Å². The van der Waals surface area contributed by atoms with Crippen molar-refractivity contribution in [2.75, 3.05) is 4.90 Å². The van der Waals surface area contributed by atoms with Crippen LogP contribution < -0.4 is 9.64 Å². The Morgan fingerprint density at radius 2 is 1.62 bits per heavy atom. The molecule has 3 aromatic carbocycles. The van der Waals surface area contributed by atoms with Crippen molar-refractivity contribution in [3.63, 3.8) is 0 Å². The molecule has 1 heterocycles. The molecule has 0 radical (unpaired) electrons. The quantitative estimate of drug-likeness (QED) is 0.459. The van der Waals surface area contributed by atoms with Gasteiger partial charge in [0.1, 0.15) is 12.4 Å². The average Bonchev–Trinajstić information content (AvgIpc) is 3.07. The third-order valence-electron chi connectivity index (χ3n) is 4.66. The predicted octanol–water partition coefficient (Wildman–Crippen LogP) is 5.86. The van der Waals surface area contributed by atoms with Crippen molar-refractivity contribution in [3.05, 3.63) is 99.4 Å². The molecule has 1 fully saturated rings. The van der Waals surface area contributed by atoms with Crippen LogP contribution in [-0.2, 0) is 11.4 Å². The Hall–Kier alpha value is -3.55. The third kappa shape index (κ3) is 4.85. The van der Waals surface area contributed by atoms with Crippen LogP contribution in [0.5, 0.6) is 5.75 Å². The number of anilines is 1. The van der Waals surface area contributed by atoms with Crippen molar-refractivity contribution in [2.24, 2.45) is 0 Å². The summed E-state index contributed by atoms with van der Waals surface area (Å²) in [5.74, 6) is -0.731. The SMILES string of the molecule is O=C(O)c1ccc(COc2ccc(/C=C3\SC(=O)N(c4ccc(Cl)cc4)C3=O)cc2)cc1. The van der Waals surface area contributed by atoms with Gasteiger partial charge in [-0.2, -0.15) is 0 Å². The van der Waals surface area contributed by atoms with Gasteiger partial charge in [-0.3, -0.25) is 9.59 Å². The van der Waals surface area contributed by atoms with E-state index < -0.39 is 5.97 Å². The number of ether oxygens (including phenoxy) is 1. The zero-order valence-electron chi connectivity index (χ0n) is 16.5. The molecule has 0 aromatic heterocycles. The number of carbonyl (C=O) groups is 3. The van der Waals surface area contributed by atoms with E-state index in [1.54, 1.807) is 66.7 Å². The molecular formula is C24H16ClNO5S. The highest BCUT2D eigenvalue weighted by atomic mass is 35.5. The van der Waals surface area contributed by atoms with Gasteiger partial charge in [0.25, 0.3) is 11.1 Å². The number of thioether (sulfide) groups is 1. The van der Waals surface area contributed by atoms with Crippen LogP contribution in [0.2, 0.25) is 5.02 Å². The lowest BCUT2D eigenvalue weighted by Crippen LogP contribution is -2.27. The topological polar surface area (TPSA) is 83.9 Å².